The second kappa shape index (κ2) is 5.85. The van der Waals surface area contributed by atoms with Crippen molar-refractivity contribution in [1.29, 1.82) is 0 Å². The zero-order valence-corrected chi connectivity index (χ0v) is 12.2. The van der Waals surface area contributed by atoms with Gasteiger partial charge < -0.3 is 10.2 Å². The summed E-state index contributed by atoms with van der Waals surface area (Å²) in [6, 6.07) is 4.45. The van der Waals surface area contributed by atoms with Gasteiger partial charge in [-0.2, -0.15) is 30.7 Å². The van der Waals surface area contributed by atoms with Crippen LogP contribution in [0.2, 0.25) is 0 Å². The first-order valence-corrected chi connectivity index (χ1v) is 6.58. The Balaban J connectivity index is 3.08. The second-order valence-corrected chi connectivity index (χ2v) is 5.15. The van der Waals surface area contributed by atoms with Gasteiger partial charge in [0.25, 0.3) is 0 Å². The van der Waals surface area contributed by atoms with Crippen molar-refractivity contribution in [1.82, 2.24) is 0 Å². The summed E-state index contributed by atoms with van der Waals surface area (Å²) in [5.74, 6) is -17.2. The van der Waals surface area contributed by atoms with Gasteiger partial charge in [-0.3, -0.25) is 0 Å². The zero-order chi connectivity index (χ0) is 20.1. The zero-order valence-electron chi connectivity index (χ0n) is 12.2. The summed E-state index contributed by atoms with van der Waals surface area (Å²) in [5, 5.41) is 16.7. The van der Waals surface area contributed by atoms with E-state index in [2.05, 4.69) is 0 Å². The van der Waals surface area contributed by atoms with Crippen molar-refractivity contribution in [3.05, 3.63) is 47.0 Å². The summed E-state index contributed by atoms with van der Waals surface area (Å²) in [5.41, 5.74) is -5.41. The first-order chi connectivity index (χ1) is 11.7. The molecular weight excluding hydrogens is 377 g/mol. The maximum absolute atomic E-state index is 14.3. The van der Waals surface area contributed by atoms with E-state index < -0.39 is 57.4 Å². The topological polar surface area (TPSA) is 74.6 Å². The Morgan fingerprint density at radius 2 is 1.38 bits per heavy atom. The molecule has 140 valence electrons. The SMILES string of the molecule is O=C(O)c1cc2ccccc2c(C(F)(F)C(F)(F)C(F)(F)F)c1C(=O)O. The number of aromatic carboxylic acids is 2. The van der Waals surface area contributed by atoms with Crippen LogP contribution in [0.4, 0.5) is 30.7 Å². The summed E-state index contributed by atoms with van der Waals surface area (Å²) in [4.78, 5) is 22.5. The number of benzene rings is 2. The van der Waals surface area contributed by atoms with Crippen LogP contribution in [-0.4, -0.2) is 34.3 Å². The Morgan fingerprint density at radius 3 is 1.85 bits per heavy atom. The average molecular weight is 384 g/mol. The van der Waals surface area contributed by atoms with Crippen LogP contribution in [-0.2, 0) is 5.92 Å². The minimum absolute atomic E-state index is 0.442. The molecule has 0 aliphatic heterocycles. The quantitative estimate of drug-likeness (QED) is 0.760. The molecule has 0 atom stereocenters. The third-order valence-corrected chi connectivity index (χ3v) is 3.56. The number of hydrogen-bond donors (Lipinski definition) is 2. The number of carboxylic acid groups (broad SMARTS) is 2. The van der Waals surface area contributed by atoms with Gasteiger partial charge in [-0.25, -0.2) is 9.59 Å². The Kier molecular flexibility index (Phi) is 4.38. The lowest BCUT2D eigenvalue weighted by molar-refractivity contribution is -0.359. The molecule has 0 saturated carbocycles. The molecule has 26 heavy (non-hydrogen) atoms. The third kappa shape index (κ3) is 2.72. The van der Waals surface area contributed by atoms with E-state index in [0.29, 0.717) is 12.1 Å². The van der Waals surface area contributed by atoms with Gasteiger partial charge in [-0.05, 0) is 16.8 Å². The number of rotatable bonds is 4. The molecule has 2 aromatic rings. The Bertz CT molecular complexity index is 903. The fourth-order valence-electron chi connectivity index (χ4n) is 2.40. The highest BCUT2D eigenvalue weighted by atomic mass is 19.4. The monoisotopic (exact) mass is 384 g/mol. The summed E-state index contributed by atoms with van der Waals surface area (Å²) in [6.07, 6.45) is -6.72. The summed E-state index contributed by atoms with van der Waals surface area (Å²) in [6.45, 7) is 0. The van der Waals surface area contributed by atoms with Crippen molar-refractivity contribution in [2.75, 3.05) is 0 Å². The van der Waals surface area contributed by atoms with Gasteiger partial charge in [0.1, 0.15) is 0 Å². The standard InChI is InChI=1S/C15H7F7O4/c16-13(17,14(18,19)15(20,21)22)10-7-4-2-1-3-6(7)5-8(11(23)24)9(10)12(25)26/h1-5H,(H,23,24)(H,25,26). The molecule has 0 fully saturated rings. The molecule has 11 heteroatoms. The van der Waals surface area contributed by atoms with Crippen molar-refractivity contribution in [3.8, 4) is 0 Å². The lowest BCUT2D eigenvalue weighted by atomic mass is 9.87. The van der Waals surface area contributed by atoms with Crippen molar-refractivity contribution in [2.45, 2.75) is 18.0 Å². The number of halogens is 7. The van der Waals surface area contributed by atoms with E-state index >= 15 is 0 Å². The lowest BCUT2D eigenvalue weighted by Gasteiger charge is -2.30. The normalized spacial score (nSPS) is 13.0. The molecule has 0 aromatic heterocycles. The highest BCUT2D eigenvalue weighted by molar-refractivity contribution is 6.08. The molecule has 0 heterocycles. The van der Waals surface area contributed by atoms with Crippen LogP contribution in [0.5, 0.6) is 0 Å². The van der Waals surface area contributed by atoms with Crippen LogP contribution in [0, 0.1) is 0 Å². The molecule has 2 aromatic carbocycles. The van der Waals surface area contributed by atoms with E-state index in [1.807, 2.05) is 0 Å². The molecule has 0 unspecified atom stereocenters. The van der Waals surface area contributed by atoms with Gasteiger partial charge in [0.05, 0.1) is 16.7 Å². The van der Waals surface area contributed by atoms with Crippen LogP contribution < -0.4 is 0 Å². The van der Waals surface area contributed by atoms with Crippen molar-refractivity contribution in [3.63, 3.8) is 0 Å². The van der Waals surface area contributed by atoms with Crippen LogP contribution in [0.1, 0.15) is 26.3 Å². The van der Waals surface area contributed by atoms with Crippen LogP contribution in [0.3, 0.4) is 0 Å². The first-order valence-electron chi connectivity index (χ1n) is 6.58. The van der Waals surface area contributed by atoms with E-state index in [1.54, 1.807) is 0 Å². The molecule has 0 bridgehead atoms. The minimum atomic E-state index is -6.72. The summed E-state index contributed by atoms with van der Waals surface area (Å²) >= 11 is 0. The number of carboxylic acids is 2. The third-order valence-electron chi connectivity index (χ3n) is 3.56. The van der Waals surface area contributed by atoms with Crippen molar-refractivity contribution >= 4 is 22.7 Å². The second-order valence-electron chi connectivity index (χ2n) is 5.15. The molecule has 0 spiro atoms. The minimum Gasteiger partial charge on any atom is -0.478 e. The maximum Gasteiger partial charge on any atom is 0.460 e. The number of alkyl halides is 7. The van der Waals surface area contributed by atoms with Gasteiger partial charge in [0.2, 0.25) is 0 Å². The molecule has 2 rings (SSSR count). The summed E-state index contributed by atoms with van der Waals surface area (Å²) < 4.78 is 93.1. The smallest absolute Gasteiger partial charge is 0.460 e. The number of fused-ring (bicyclic) bond motifs is 1. The van der Waals surface area contributed by atoms with Crippen LogP contribution in [0.15, 0.2) is 30.3 Å². The first kappa shape index (κ1) is 19.5. The van der Waals surface area contributed by atoms with Gasteiger partial charge in [-0.15, -0.1) is 0 Å². The largest absolute Gasteiger partial charge is 0.478 e. The van der Waals surface area contributed by atoms with Crippen molar-refractivity contribution in [2.24, 2.45) is 0 Å². The van der Waals surface area contributed by atoms with E-state index in [4.69, 9.17) is 10.2 Å². The number of carbonyl (C=O) groups is 2. The van der Waals surface area contributed by atoms with Crippen LogP contribution in [0.25, 0.3) is 10.8 Å². The molecule has 4 nitrogen and oxygen atoms in total. The fraction of sp³-hybridized carbons (Fsp3) is 0.200. The number of hydrogen-bond acceptors (Lipinski definition) is 2. The van der Waals surface area contributed by atoms with Gasteiger partial charge in [-0.1, -0.05) is 24.3 Å². The van der Waals surface area contributed by atoms with Crippen molar-refractivity contribution < 1.29 is 50.5 Å². The van der Waals surface area contributed by atoms with Gasteiger partial charge in [0, 0.05) is 0 Å². The van der Waals surface area contributed by atoms with E-state index in [-0.39, 0.29) is 0 Å². The Hall–Kier alpha value is -2.85. The molecule has 0 amide bonds. The molecular formula is C15H7F7O4. The van der Waals surface area contributed by atoms with E-state index in [1.165, 1.54) is 6.07 Å². The average Bonchev–Trinajstić information content (AvgIpc) is 2.51. The lowest BCUT2D eigenvalue weighted by Crippen LogP contribution is -2.50. The Morgan fingerprint density at radius 1 is 0.846 bits per heavy atom. The summed E-state index contributed by atoms with van der Waals surface area (Å²) in [7, 11) is 0. The molecule has 0 aliphatic rings. The van der Waals surface area contributed by atoms with Crippen LogP contribution >= 0.6 is 0 Å². The highest BCUT2D eigenvalue weighted by Crippen LogP contribution is 2.54. The van der Waals surface area contributed by atoms with E-state index in [9.17, 15) is 40.3 Å². The molecule has 0 aliphatic carbocycles. The van der Waals surface area contributed by atoms with Gasteiger partial charge in [0.15, 0.2) is 0 Å². The Labute approximate surface area is 139 Å². The van der Waals surface area contributed by atoms with Gasteiger partial charge >= 0.3 is 30.0 Å². The molecule has 2 N–H and O–H groups in total. The predicted molar refractivity (Wildman–Crippen MR) is 72.8 cm³/mol. The maximum atomic E-state index is 14.3. The predicted octanol–water partition coefficient (Wildman–Crippen LogP) is 4.53. The molecule has 0 saturated heterocycles. The fourth-order valence-corrected chi connectivity index (χ4v) is 2.40. The molecule has 0 radical (unpaired) electrons. The highest BCUT2D eigenvalue weighted by Gasteiger charge is 2.74. The van der Waals surface area contributed by atoms with E-state index in [0.717, 1.165) is 12.1 Å².